The molecule has 0 aromatic heterocycles. The first-order valence-corrected chi connectivity index (χ1v) is 13.0. The summed E-state index contributed by atoms with van der Waals surface area (Å²) in [6.45, 7) is 1.29. The number of hydrogen-bond acceptors (Lipinski definition) is 5. The molecule has 2 aromatic rings. The van der Waals surface area contributed by atoms with Crippen LogP contribution in [0, 0.1) is 5.41 Å². The summed E-state index contributed by atoms with van der Waals surface area (Å²) in [7, 11) is 3.51. The van der Waals surface area contributed by atoms with Crippen LogP contribution in [0.15, 0.2) is 48.0 Å². The molecule has 1 amide bonds. The fourth-order valence-electron chi connectivity index (χ4n) is 4.70. The number of amides is 1. The maximum Gasteiger partial charge on any atom is 0.254 e. The third kappa shape index (κ3) is 5.88. The number of ether oxygens (including phenoxy) is 1. The van der Waals surface area contributed by atoms with Gasteiger partial charge >= 0.3 is 0 Å². The third-order valence-electron chi connectivity index (χ3n) is 7.11. The number of allylic oxidation sites excluding steroid dienone is 2. The van der Waals surface area contributed by atoms with Crippen LogP contribution in [0.2, 0.25) is 5.02 Å². The Labute approximate surface area is 218 Å². The number of methoxy groups -OCH3 is 1. The van der Waals surface area contributed by atoms with Gasteiger partial charge < -0.3 is 15.0 Å². The first-order valence-electron chi connectivity index (χ1n) is 12.6. The van der Waals surface area contributed by atoms with E-state index in [2.05, 4.69) is 11.4 Å². The zero-order chi connectivity index (χ0) is 25.7. The molecule has 190 valence electrons. The van der Waals surface area contributed by atoms with Gasteiger partial charge in [-0.1, -0.05) is 29.8 Å². The smallest absolute Gasteiger partial charge is 0.254 e. The highest BCUT2D eigenvalue weighted by atomic mass is 35.5. The van der Waals surface area contributed by atoms with E-state index in [1.165, 1.54) is 19.3 Å². The van der Waals surface area contributed by atoms with E-state index in [9.17, 15) is 9.59 Å². The second kappa shape index (κ2) is 11.8. The molecule has 1 heterocycles. The molecule has 2 N–H and O–H groups in total. The number of nitrogens with one attached hydrogen (secondary N) is 2. The van der Waals surface area contributed by atoms with Crippen molar-refractivity contribution in [3.05, 3.63) is 75.3 Å². The molecule has 2 aromatic carbocycles. The molecule has 6 nitrogen and oxygen atoms in total. The largest absolute Gasteiger partial charge is 0.388 e. The minimum absolute atomic E-state index is 0.0229. The Balaban J connectivity index is 0.000000211. The highest BCUT2D eigenvalue weighted by molar-refractivity contribution is 6.33. The zero-order valence-electron chi connectivity index (χ0n) is 21.0. The molecule has 2 fully saturated rings. The van der Waals surface area contributed by atoms with Crippen LogP contribution >= 0.6 is 11.6 Å². The van der Waals surface area contributed by atoms with E-state index in [0.29, 0.717) is 40.9 Å². The third-order valence-corrected chi connectivity index (χ3v) is 7.44. The number of halogens is 1. The van der Waals surface area contributed by atoms with Gasteiger partial charge in [0.15, 0.2) is 6.29 Å². The number of aldehydes is 1. The number of hydrogen-bond donors (Lipinski definition) is 2. The van der Waals surface area contributed by atoms with Crippen LogP contribution in [-0.2, 0) is 4.74 Å². The lowest BCUT2D eigenvalue weighted by atomic mass is 9.91. The summed E-state index contributed by atoms with van der Waals surface area (Å²) in [6, 6.07) is 11.2. The number of carbonyl (C=O) groups is 2. The second-order valence-corrected chi connectivity index (χ2v) is 9.97. The molecule has 5 rings (SSSR count). The van der Waals surface area contributed by atoms with Gasteiger partial charge in [0.25, 0.3) is 5.91 Å². The summed E-state index contributed by atoms with van der Waals surface area (Å²) >= 11 is 5.87. The van der Waals surface area contributed by atoms with E-state index in [1.54, 1.807) is 18.1 Å². The predicted octanol–water partition coefficient (Wildman–Crippen LogP) is 6.10. The summed E-state index contributed by atoms with van der Waals surface area (Å²) in [4.78, 5) is 25.0. The molecule has 36 heavy (non-hydrogen) atoms. The Morgan fingerprint density at radius 2 is 1.97 bits per heavy atom. The molecule has 1 aliphatic heterocycles. The Morgan fingerprint density at radius 1 is 1.19 bits per heavy atom. The number of anilines is 1. The van der Waals surface area contributed by atoms with Gasteiger partial charge in [-0.2, -0.15) is 0 Å². The Morgan fingerprint density at radius 3 is 2.58 bits per heavy atom. The molecule has 2 aliphatic carbocycles. The number of likely N-dealkylation sites (tertiary alicyclic amines) is 1. The van der Waals surface area contributed by atoms with Gasteiger partial charge in [0, 0.05) is 49.6 Å². The van der Waals surface area contributed by atoms with Crippen LogP contribution in [0.3, 0.4) is 0 Å². The molecule has 0 unspecified atom stereocenters. The van der Waals surface area contributed by atoms with Crippen molar-refractivity contribution in [2.45, 2.75) is 50.5 Å². The first-order chi connectivity index (χ1) is 17.5. The SMILES string of the molecule is CNc1cc(C(=O)N2CC(OC)C2)ccc1C(=N)C1=CCCCC1.O=Cc1c(Cl)cccc1C1CC1. The average molecular weight is 508 g/mol. The van der Waals surface area contributed by atoms with Crippen LogP contribution in [-0.4, -0.2) is 56.2 Å². The van der Waals surface area contributed by atoms with E-state index in [1.807, 2.05) is 37.4 Å². The second-order valence-electron chi connectivity index (χ2n) is 9.56. The van der Waals surface area contributed by atoms with Gasteiger partial charge in [-0.15, -0.1) is 0 Å². The van der Waals surface area contributed by atoms with E-state index < -0.39 is 0 Å². The summed E-state index contributed by atoms with van der Waals surface area (Å²) < 4.78 is 5.22. The predicted molar refractivity (Wildman–Crippen MR) is 145 cm³/mol. The number of benzene rings is 2. The molecule has 1 saturated carbocycles. The van der Waals surface area contributed by atoms with Crippen LogP contribution in [0.25, 0.3) is 0 Å². The van der Waals surface area contributed by atoms with Crippen molar-refractivity contribution in [2.24, 2.45) is 0 Å². The molecule has 0 bridgehead atoms. The molecular formula is C29H34ClN3O3. The molecule has 3 aliphatic rings. The summed E-state index contributed by atoms with van der Waals surface area (Å²) in [6.07, 6.45) is 9.96. The number of nitrogens with zero attached hydrogens (tertiary/aromatic N) is 1. The van der Waals surface area contributed by atoms with Gasteiger partial charge in [-0.05, 0) is 79.8 Å². The molecular weight excluding hydrogens is 474 g/mol. The quantitative estimate of drug-likeness (QED) is 0.350. The lowest BCUT2D eigenvalue weighted by Crippen LogP contribution is -2.54. The maximum atomic E-state index is 12.5. The Kier molecular flexibility index (Phi) is 8.60. The van der Waals surface area contributed by atoms with Crippen molar-refractivity contribution in [3.63, 3.8) is 0 Å². The number of carbonyl (C=O) groups excluding carboxylic acids is 2. The molecule has 0 spiro atoms. The minimum atomic E-state index is 0.0229. The normalized spacial score (nSPS) is 17.3. The zero-order valence-corrected chi connectivity index (χ0v) is 21.7. The van der Waals surface area contributed by atoms with Crippen molar-refractivity contribution in [1.82, 2.24) is 4.90 Å². The van der Waals surface area contributed by atoms with Crippen LogP contribution in [0.1, 0.15) is 76.3 Å². The summed E-state index contributed by atoms with van der Waals surface area (Å²) in [5.41, 5.74) is 5.84. The van der Waals surface area contributed by atoms with Crippen LogP contribution in [0.5, 0.6) is 0 Å². The van der Waals surface area contributed by atoms with Crippen molar-refractivity contribution >= 4 is 35.2 Å². The lowest BCUT2D eigenvalue weighted by molar-refractivity contribution is -0.0191. The van der Waals surface area contributed by atoms with E-state index in [-0.39, 0.29) is 12.0 Å². The van der Waals surface area contributed by atoms with Crippen LogP contribution < -0.4 is 5.32 Å². The van der Waals surface area contributed by atoms with E-state index in [4.69, 9.17) is 21.7 Å². The fourth-order valence-corrected chi connectivity index (χ4v) is 4.93. The van der Waals surface area contributed by atoms with Gasteiger partial charge in [0.1, 0.15) is 0 Å². The molecule has 1 saturated heterocycles. The molecule has 7 heteroatoms. The first kappa shape index (κ1) is 26.1. The van der Waals surface area contributed by atoms with Crippen molar-refractivity contribution in [1.29, 1.82) is 5.41 Å². The van der Waals surface area contributed by atoms with Gasteiger partial charge in [0.2, 0.25) is 0 Å². The van der Waals surface area contributed by atoms with Crippen molar-refractivity contribution < 1.29 is 14.3 Å². The van der Waals surface area contributed by atoms with E-state index >= 15 is 0 Å². The van der Waals surface area contributed by atoms with E-state index in [0.717, 1.165) is 47.9 Å². The standard InChI is InChI=1S/C19H25N3O2.C10H9ClO/c1-21-17-10-14(19(23)22-11-15(12-22)24-2)8-9-16(17)18(20)13-6-4-3-5-7-13;11-10-3-1-2-8(7-4-5-7)9(10)6-12/h6,8-10,15,20-21H,3-5,7,11-12H2,1-2H3;1-3,6-7H,4-5H2. The fraction of sp³-hybridized carbons (Fsp3) is 0.414. The van der Waals surface area contributed by atoms with Crippen LogP contribution in [0.4, 0.5) is 5.69 Å². The van der Waals surface area contributed by atoms with Crippen molar-refractivity contribution in [2.75, 3.05) is 32.6 Å². The highest BCUT2D eigenvalue weighted by Crippen LogP contribution is 2.42. The molecule has 0 radical (unpaired) electrons. The van der Waals surface area contributed by atoms with Gasteiger partial charge in [-0.25, -0.2) is 0 Å². The topological polar surface area (TPSA) is 82.5 Å². The minimum Gasteiger partial charge on any atom is -0.388 e. The summed E-state index contributed by atoms with van der Waals surface area (Å²) in [5.74, 6) is 0.610. The highest BCUT2D eigenvalue weighted by Gasteiger charge is 2.31. The summed E-state index contributed by atoms with van der Waals surface area (Å²) in [5, 5.41) is 12.2. The Bertz CT molecular complexity index is 1170. The van der Waals surface area contributed by atoms with Gasteiger partial charge in [-0.3, -0.25) is 15.0 Å². The average Bonchev–Trinajstić information content (AvgIpc) is 3.73. The molecule has 0 atom stereocenters. The maximum absolute atomic E-state index is 12.5. The lowest BCUT2D eigenvalue weighted by Gasteiger charge is -2.38. The van der Waals surface area contributed by atoms with Crippen molar-refractivity contribution in [3.8, 4) is 0 Å². The van der Waals surface area contributed by atoms with Gasteiger partial charge in [0.05, 0.1) is 16.8 Å². The Hall–Kier alpha value is -2.96. The number of rotatable bonds is 7. The monoisotopic (exact) mass is 507 g/mol.